The third-order valence-electron chi connectivity index (χ3n) is 5.64. The van der Waals surface area contributed by atoms with Crippen molar-refractivity contribution in [3.8, 4) is 0 Å². The Bertz CT molecular complexity index is 967. The molecule has 1 saturated heterocycles. The van der Waals surface area contributed by atoms with Gasteiger partial charge in [-0.05, 0) is 30.2 Å². The summed E-state index contributed by atoms with van der Waals surface area (Å²) in [4.78, 5) is 1.02. The summed E-state index contributed by atoms with van der Waals surface area (Å²) in [6.07, 6.45) is -2.99. The lowest BCUT2D eigenvalue weighted by Crippen LogP contribution is -2.59. The predicted octanol–water partition coefficient (Wildman–Crippen LogP) is 4.34. The Kier molecular flexibility index (Phi) is 8.56. The van der Waals surface area contributed by atoms with E-state index in [1.165, 1.54) is 17.3 Å². The summed E-state index contributed by atoms with van der Waals surface area (Å²) in [5.74, 6) is 0. The van der Waals surface area contributed by atoms with Crippen molar-refractivity contribution in [3.63, 3.8) is 0 Å². The smallest absolute Gasteiger partial charge is 0.137 e. The molecule has 0 aromatic heterocycles. The normalized spacial score (nSPS) is 25.1. The Balaban J connectivity index is 1.57. The van der Waals surface area contributed by atoms with Crippen molar-refractivity contribution in [1.29, 1.82) is 0 Å². The van der Waals surface area contributed by atoms with Gasteiger partial charge in [0.25, 0.3) is 0 Å². The van der Waals surface area contributed by atoms with Gasteiger partial charge in [-0.1, -0.05) is 90.1 Å². The average Bonchev–Trinajstić information content (AvgIpc) is 2.85. The minimum Gasteiger partial charge on any atom is -0.394 e. The lowest BCUT2D eigenvalue weighted by molar-refractivity contribution is -0.237. The van der Waals surface area contributed by atoms with Crippen LogP contribution in [0.25, 0.3) is 0 Å². The minimum absolute atomic E-state index is 0.303. The summed E-state index contributed by atoms with van der Waals surface area (Å²) >= 11 is 1.51. The van der Waals surface area contributed by atoms with Crippen LogP contribution in [0.2, 0.25) is 0 Å². The fourth-order valence-electron chi connectivity index (χ4n) is 3.79. The number of aliphatic hydroxyl groups excluding tert-OH is 2. The summed E-state index contributed by atoms with van der Waals surface area (Å²) in [5, 5.41) is 20.9. The van der Waals surface area contributed by atoms with Crippen LogP contribution in [-0.2, 0) is 27.4 Å². The molecule has 5 nitrogen and oxygen atoms in total. The zero-order chi connectivity index (χ0) is 23.0. The molecule has 0 amide bonds. The highest BCUT2D eigenvalue weighted by Crippen LogP contribution is 2.36. The molecule has 0 aliphatic carbocycles. The molecule has 174 valence electrons. The van der Waals surface area contributed by atoms with Crippen LogP contribution >= 0.6 is 11.8 Å². The van der Waals surface area contributed by atoms with E-state index in [1.54, 1.807) is 0 Å². The molecule has 33 heavy (non-hydrogen) atoms. The van der Waals surface area contributed by atoms with Crippen molar-refractivity contribution in [2.45, 2.75) is 54.9 Å². The Morgan fingerprint density at radius 3 is 1.88 bits per heavy atom. The summed E-state index contributed by atoms with van der Waals surface area (Å²) < 4.78 is 18.7. The van der Waals surface area contributed by atoms with E-state index in [0.717, 1.165) is 16.0 Å². The zero-order valence-corrected chi connectivity index (χ0v) is 19.4. The molecular weight excluding hydrogens is 436 g/mol. The number of hydrogen-bond acceptors (Lipinski definition) is 6. The van der Waals surface area contributed by atoms with E-state index >= 15 is 0 Å². The number of thioether (sulfide) groups is 1. The topological polar surface area (TPSA) is 68.2 Å². The van der Waals surface area contributed by atoms with Gasteiger partial charge >= 0.3 is 0 Å². The lowest BCUT2D eigenvalue weighted by Gasteiger charge is -2.43. The first-order valence-electron chi connectivity index (χ1n) is 11.1. The monoisotopic (exact) mass is 466 g/mol. The molecule has 6 heteroatoms. The van der Waals surface area contributed by atoms with Crippen LogP contribution < -0.4 is 0 Å². The molecule has 2 N–H and O–H groups in total. The van der Waals surface area contributed by atoms with Crippen LogP contribution in [0.1, 0.15) is 16.7 Å². The van der Waals surface area contributed by atoms with E-state index < -0.39 is 29.9 Å². The molecule has 5 atom stereocenters. The quantitative estimate of drug-likeness (QED) is 0.489. The third kappa shape index (κ3) is 6.44. The average molecular weight is 467 g/mol. The maximum Gasteiger partial charge on any atom is 0.137 e. The number of hydrogen-bond donors (Lipinski definition) is 2. The standard InChI is InChI=1S/C27H30O5S/c1-19-12-14-22(15-13-19)33-27-26(31-18-21-10-6-3-7-11-21)25(24(29)23(16-28)32-27)30-17-20-8-4-2-5-9-20/h2-15,23-29H,16-18H2,1H3/t23-,24+,25+,26-,27+/m1/s1. The first-order valence-corrected chi connectivity index (χ1v) is 12.0. The van der Waals surface area contributed by atoms with Crippen molar-refractivity contribution >= 4 is 11.8 Å². The number of benzene rings is 3. The second kappa shape index (κ2) is 11.8. The maximum absolute atomic E-state index is 11.0. The molecule has 0 saturated carbocycles. The minimum atomic E-state index is -1.02. The lowest BCUT2D eigenvalue weighted by atomic mass is 9.99. The van der Waals surface area contributed by atoms with E-state index in [4.69, 9.17) is 14.2 Å². The molecular formula is C27H30O5S. The molecule has 0 radical (unpaired) electrons. The second-order valence-corrected chi connectivity index (χ2v) is 9.34. The van der Waals surface area contributed by atoms with Gasteiger partial charge in [0.1, 0.15) is 29.9 Å². The van der Waals surface area contributed by atoms with Crippen molar-refractivity contribution in [3.05, 3.63) is 102 Å². The fraction of sp³-hybridized carbons (Fsp3) is 0.333. The van der Waals surface area contributed by atoms with E-state index in [0.29, 0.717) is 13.2 Å². The summed E-state index contributed by atoms with van der Waals surface area (Å²) in [6, 6.07) is 27.9. The first-order chi connectivity index (χ1) is 16.1. The Morgan fingerprint density at radius 1 is 0.788 bits per heavy atom. The van der Waals surface area contributed by atoms with Crippen molar-refractivity contribution in [1.82, 2.24) is 0 Å². The molecule has 0 unspecified atom stereocenters. The summed E-state index contributed by atoms with van der Waals surface area (Å²) in [5.41, 5.74) is 2.74. The molecule has 0 spiro atoms. The molecule has 1 aliphatic rings. The highest BCUT2D eigenvalue weighted by atomic mass is 32.2. The van der Waals surface area contributed by atoms with Gasteiger partial charge in [0.05, 0.1) is 19.8 Å². The Labute approximate surface area is 199 Å². The van der Waals surface area contributed by atoms with Crippen molar-refractivity contribution in [2.24, 2.45) is 0 Å². The van der Waals surface area contributed by atoms with Gasteiger partial charge in [-0.2, -0.15) is 0 Å². The molecule has 1 heterocycles. The second-order valence-electron chi connectivity index (χ2n) is 8.17. The van der Waals surface area contributed by atoms with Gasteiger partial charge < -0.3 is 24.4 Å². The van der Waals surface area contributed by atoms with Crippen molar-refractivity contribution in [2.75, 3.05) is 6.61 Å². The molecule has 1 aliphatic heterocycles. The molecule has 3 aromatic carbocycles. The highest BCUT2D eigenvalue weighted by molar-refractivity contribution is 7.99. The molecule has 3 aromatic rings. The van der Waals surface area contributed by atoms with E-state index in [9.17, 15) is 10.2 Å². The van der Waals surface area contributed by atoms with Crippen molar-refractivity contribution < 1.29 is 24.4 Å². The number of aryl methyl sites for hydroxylation is 1. The van der Waals surface area contributed by atoms with Crippen LogP contribution in [-0.4, -0.2) is 46.7 Å². The van der Waals surface area contributed by atoms with E-state index in [-0.39, 0.29) is 6.61 Å². The Morgan fingerprint density at radius 2 is 1.33 bits per heavy atom. The third-order valence-corrected chi connectivity index (χ3v) is 6.80. The van der Waals surface area contributed by atoms with Gasteiger partial charge in [0.2, 0.25) is 0 Å². The number of rotatable bonds is 9. The van der Waals surface area contributed by atoms with E-state index in [1.807, 2.05) is 91.9 Å². The largest absolute Gasteiger partial charge is 0.394 e. The van der Waals surface area contributed by atoms with Gasteiger partial charge in [-0.15, -0.1) is 0 Å². The molecule has 4 rings (SSSR count). The number of aliphatic hydroxyl groups is 2. The molecule has 0 bridgehead atoms. The van der Waals surface area contributed by atoms with Gasteiger partial charge in [0, 0.05) is 4.90 Å². The van der Waals surface area contributed by atoms with Crippen LogP contribution in [0.15, 0.2) is 89.8 Å². The summed E-state index contributed by atoms with van der Waals surface area (Å²) in [7, 11) is 0. The number of ether oxygens (including phenoxy) is 3. The Hall–Kier alpha value is -2.19. The zero-order valence-electron chi connectivity index (χ0n) is 18.6. The fourth-order valence-corrected chi connectivity index (χ4v) is 4.92. The molecule has 1 fully saturated rings. The van der Waals surface area contributed by atoms with Gasteiger partial charge in [-0.25, -0.2) is 0 Å². The van der Waals surface area contributed by atoms with Crippen LogP contribution in [0, 0.1) is 6.92 Å². The van der Waals surface area contributed by atoms with Crippen LogP contribution in [0.3, 0.4) is 0 Å². The van der Waals surface area contributed by atoms with E-state index in [2.05, 4.69) is 0 Å². The first kappa shape index (κ1) is 24.0. The maximum atomic E-state index is 11.0. The van der Waals surface area contributed by atoms with Crippen LogP contribution in [0.4, 0.5) is 0 Å². The predicted molar refractivity (Wildman–Crippen MR) is 129 cm³/mol. The highest BCUT2D eigenvalue weighted by Gasteiger charge is 2.47. The SMILES string of the molecule is Cc1ccc(S[C@@H]2O[C@H](CO)[C@H](O)[C@H](OCc3ccccc3)[C@H]2OCc2ccccc2)cc1. The van der Waals surface area contributed by atoms with Crippen LogP contribution in [0.5, 0.6) is 0 Å². The summed E-state index contributed by atoms with van der Waals surface area (Å²) in [6.45, 7) is 2.43. The van der Waals surface area contributed by atoms with Gasteiger partial charge in [0.15, 0.2) is 0 Å². The van der Waals surface area contributed by atoms with Gasteiger partial charge in [-0.3, -0.25) is 0 Å².